The molecule has 17 heavy (non-hydrogen) atoms. The molecule has 0 atom stereocenters. The highest BCUT2D eigenvalue weighted by Gasteiger charge is 2.09. The summed E-state index contributed by atoms with van der Waals surface area (Å²) in [5, 5.41) is 2.47. The van der Waals surface area contributed by atoms with Gasteiger partial charge in [-0.2, -0.15) is 0 Å². The number of nitrogens with one attached hydrogen (secondary N) is 2. The fourth-order valence-corrected chi connectivity index (χ4v) is 2.58. The molecule has 2 N–H and O–H groups in total. The van der Waals surface area contributed by atoms with E-state index in [4.69, 9.17) is 11.6 Å². The van der Waals surface area contributed by atoms with Crippen molar-refractivity contribution in [2.75, 3.05) is 23.4 Å². The van der Waals surface area contributed by atoms with Gasteiger partial charge in [-0.15, -0.1) is 11.6 Å². The number of hydrogen-bond acceptors (Lipinski definition) is 3. The molecule has 0 spiro atoms. The predicted molar refractivity (Wildman–Crippen MR) is 68.0 cm³/mol. The Labute approximate surface area is 105 Å². The van der Waals surface area contributed by atoms with Crippen LogP contribution < -0.4 is 10.0 Å². The molecule has 1 aromatic rings. The number of amides is 1. The Bertz CT molecular complexity index is 485. The van der Waals surface area contributed by atoms with Crippen LogP contribution in [-0.2, 0) is 10.0 Å². The van der Waals surface area contributed by atoms with Gasteiger partial charge in [0.2, 0.25) is 10.0 Å². The summed E-state index contributed by atoms with van der Waals surface area (Å²) in [7, 11) is -1.88. The summed E-state index contributed by atoms with van der Waals surface area (Å²) in [4.78, 5) is 11.2. The summed E-state index contributed by atoms with van der Waals surface area (Å²) in [5.41, 5.74) is 0.871. The van der Waals surface area contributed by atoms with Gasteiger partial charge in [-0.3, -0.25) is 9.52 Å². The standard InChI is InChI=1S/C10H13ClN2O3S/c1-12-10(14)8-2-4-9(5-3-8)13-17(15,16)7-6-11/h2-5,13H,6-7H2,1H3,(H,12,14). The van der Waals surface area contributed by atoms with Crippen molar-refractivity contribution in [1.82, 2.24) is 5.32 Å². The topological polar surface area (TPSA) is 75.3 Å². The zero-order chi connectivity index (χ0) is 12.9. The number of carbonyl (C=O) groups excluding carboxylic acids is 1. The Balaban J connectivity index is 2.79. The van der Waals surface area contributed by atoms with Gasteiger partial charge in [0.15, 0.2) is 0 Å². The fraction of sp³-hybridized carbons (Fsp3) is 0.300. The molecule has 1 amide bonds. The molecule has 0 bridgehead atoms. The zero-order valence-electron chi connectivity index (χ0n) is 9.23. The average Bonchev–Trinajstić information content (AvgIpc) is 2.28. The maximum Gasteiger partial charge on any atom is 0.251 e. The van der Waals surface area contributed by atoms with Gasteiger partial charge in [-0.1, -0.05) is 0 Å². The van der Waals surface area contributed by atoms with Crippen molar-refractivity contribution in [3.05, 3.63) is 29.8 Å². The Morgan fingerprint density at radius 3 is 2.35 bits per heavy atom. The van der Waals surface area contributed by atoms with Crippen molar-refractivity contribution in [2.24, 2.45) is 0 Å². The van der Waals surface area contributed by atoms with Gasteiger partial charge < -0.3 is 5.32 Å². The van der Waals surface area contributed by atoms with E-state index in [1.807, 2.05) is 0 Å². The Hall–Kier alpha value is -1.27. The largest absolute Gasteiger partial charge is 0.355 e. The first-order valence-corrected chi connectivity index (χ1v) is 7.06. The number of benzene rings is 1. The van der Waals surface area contributed by atoms with Crippen LogP contribution in [0.15, 0.2) is 24.3 Å². The van der Waals surface area contributed by atoms with Crippen LogP contribution in [0.4, 0.5) is 5.69 Å². The Morgan fingerprint density at radius 1 is 1.29 bits per heavy atom. The summed E-state index contributed by atoms with van der Waals surface area (Å²) in [6.45, 7) is 0. The lowest BCUT2D eigenvalue weighted by Crippen LogP contribution is -2.19. The second-order valence-corrected chi connectivity index (χ2v) is 5.49. The SMILES string of the molecule is CNC(=O)c1ccc(NS(=O)(=O)CCCl)cc1. The van der Waals surface area contributed by atoms with Crippen LogP contribution in [0.2, 0.25) is 0 Å². The van der Waals surface area contributed by atoms with E-state index in [0.717, 1.165) is 0 Å². The summed E-state index contributed by atoms with van der Waals surface area (Å²) in [5.74, 6) is -0.336. The van der Waals surface area contributed by atoms with Crippen molar-refractivity contribution < 1.29 is 13.2 Å². The molecule has 0 aliphatic carbocycles. The van der Waals surface area contributed by atoms with Crippen molar-refractivity contribution >= 4 is 33.2 Å². The molecule has 0 saturated carbocycles. The number of alkyl halides is 1. The molecule has 7 heteroatoms. The zero-order valence-corrected chi connectivity index (χ0v) is 10.8. The minimum atomic E-state index is -3.41. The predicted octanol–water partition coefficient (Wildman–Crippen LogP) is 1.03. The van der Waals surface area contributed by atoms with Crippen LogP contribution in [-0.4, -0.2) is 33.0 Å². The molecular weight excluding hydrogens is 264 g/mol. The highest BCUT2D eigenvalue weighted by molar-refractivity contribution is 7.92. The van der Waals surface area contributed by atoms with E-state index in [0.29, 0.717) is 11.3 Å². The van der Waals surface area contributed by atoms with Gasteiger partial charge in [0, 0.05) is 24.2 Å². The van der Waals surface area contributed by atoms with Crippen LogP contribution >= 0.6 is 11.6 Å². The number of sulfonamides is 1. The second kappa shape index (κ2) is 5.88. The summed E-state index contributed by atoms with van der Waals surface area (Å²) < 4.78 is 25.2. The van der Waals surface area contributed by atoms with Crippen LogP contribution in [0.25, 0.3) is 0 Å². The van der Waals surface area contributed by atoms with Crippen molar-refractivity contribution in [1.29, 1.82) is 0 Å². The quantitative estimate of drug-likeness (QED) is 0.789. The number of rotatable bonds is 5. The molecule has 0 radical (unpaired) electrons. The van der Waals surface area contributed by atoms with Crippen molar-refractivity contribution in [3.63, 3.8) is 0 Å². The smallest absolute Gasteiger partial charge is 0.251 e. The molecule has 94 valence electrons. The summed E-state index contributed by atoms with van der Waals surface area (Å²) >= 11 is 5.37. The minimum Gasteiger partial charge on any atom is -0.355 e. The molecule has 5 nitrogen and oxygen atoms in total. The van der Waals surface area contributed by atoms with Gasteiger partial charge in [0.25, 0.3) is 5.91 Å². The van der Waals surface area contributed by atoms with Gasteiger partial charge in [0.05, 0.1) is 5.75 Å². The van der Waals surface area contributed by atoms with E-state index in [1.165, 1.54) is 31.3 Å². The molecule has 0 heterocycles. The molecule has 0 saturated heterocycles. The van der Waals surface area contributed by atoms with E-state index < -0.39 is 10.0 Å². The first-order chi connectivity index (χ1) is 7.98. The van der Waals surface area contributed by atoms with E-state index in [1.54, 1.807) is 0 Å². The number of carbonyl (C=O) groups is 1. The third-order valence-corrected chi connectivity index (χ3v) is 3.69. The third-order valence-electron chi connectivity index (χ3n) is 1.99. The molecule has 0 fully saturated rings. The molecule has 0 aliphatic rings. The highest BCUT2D eigenvalue weighted by Crippen LogP contribution is 2.11. The third kappa shape index (κ3) is 4.24. The highest BCUT2D eigenvalue weighted by atomic mass is 35.5. The van der Waals surface area contributed by atoms with Gasteiger partial charge >= 0.3 is 0 Å². The maximum atomic E-state index is 11.4. The summed E-state index contributed by atoms with van der Waals surface area (Å²) in [6.07, 6.45) is 0. The van der Waals surface area contributed by atoms with Crippen molar-refractivity contribution in [2.45, 2.75) is 0 Å². The maximum absolute atomic E-state index is 11.4. The van der Waals surface area contributed by atoms with Gasteiger partial charge in [0.1, 0.15) is 0 Å². The first-order valence-electron chi connectivity index (χ1n) is 4.87. The molecule has 0 aromatic heterocycles. The van der Waals surface area contributed by atoms with E-state index in [9.17, 15) is 13.2 Å². The molecule has 1 aromatic carbocycles. The number of halogens is 1. The summed E-state index contributed by atoms with van der Waals surface area (Å²) in [6, 6.07) is 6.13. The molecular formula is C10H13ClN2O3S. The lowest BCUT2D eigenvalue weighted by atomic mass is 10.2. The van der Waals surface area contributed by atoms with Crippen LogP contribution in [0.3, 0.4) is 0 Å². The van der Waals surface area contributed by atoms with Crippen LogP contribution in [0, 0.1) is 0 Å². The Morgan fingerprint density at radius 2 is 1.88 bits per heavy atom. The Kier molecular flexibility index (Phi) is 4.77. The minimum absolute atomic E-state index is 0.0334. The van der Waals surface area contributed by atoms with E-state index >= 15 is 0 Å². The van der Waals surface area contributed by atoms with Crippen LogP contribution in [0.1, 0.15) is 10.4 Å². The number of hydrogen-bond donors (Lipinski definition) is 2. The average molecular weight is 277 g/mol. The van der Waals surface area contributed by atoms with E-state index in [-0.39, 0.29) is 17.5 Å². The molecule has 0 unspecified atom stereocenters. The van der Waals surface area contributed by atoms with Crippen molar-refractivity contribution in [3.8, 4) is 0 Å². The van der Waals surface area contributed by atoms with E-state index in [2.05, 4.69) is 10.0 Å². The van der Waals surface area contributed by atoms with Gasteiger partial charge in [-0.25, -0.2) is 8.42 Å². The lowest BCUT2D eigenvalue weighted by molar-refractivity contribution is 0.0963. The second-order valence-electron chi connectivity index (χ2n) is 3.27. The van der Waals surface area contributed by atoms with Crippen LogP contribution in [0.5, 0.6) is 0 Å². The number of anilines is 1. The molecule has 0 aliphatic heterocycles. The monoisotopic (exact) mass is 276 g/mol. The first kappa shape index (κ1) is 13.8. The molecule has 1 rings (SSSR count). The lowest BCUT2D eigenvalue weighted by Gasteiger charge is -2.07. The van der Waals surface area contributed by atoms with Gasteiger partial charge in [-0.05, 0) is 24.3 Å². The normalized spacial score (nSPS) is 10.9. The fourth-order valence-electron chi connectivity index (χ4n) is 1.17.